The van der Waals surface area contributed by atoms with E-state index < -0.39 is 33.6 Å². The third-order valence-corrected chi connectivity index (χ3v) is 6.49. The van der Waals surface area contributed by atoms with E-state index in [1.807, 2.05) is 31.2 Å². The Morgan fingerprint density at radius 3 is 2.03 bits per heavy atom. The summed E-state index contributed by atoms with van der Waals surface area (Å²) in [6, 6.07) is 10.4. The molecule has 1 aliphatic rings. The van der Waals surface area contributed by atoms with Gasteiger partial charge >= 0.3 is 17.9 Å². The van der Waals surface area contributed by atoms with Gasteiger partial charge in [0.15, 0.2) is 5.44 Å². The van der Waals surface area contributed by atoms with Crippen LogP contribution in [0.15, 0.2) is 41.3 Å². The highest BCUT2D eigenvalue weighted by Gasteiger charge is 2.58. The normalized spacial score (nSPS) is 19.2. The smallest absolute Gasteiger partial charge is 0.344 e. The fourth-order valence-corrected chi connectivity index (χ4v) is 5.05. The molecule has 1 aliphatic heterocycles. The summed E-state index contributed by atoms with van der Waals surface area (Å²) in [7, 11) is 1.40. The fourth-order valence-electron chi connectivity index (χ4n) is 3.19. The second-order valence-corrected chi connectivity index (χ2v) is 9.59. The van der Waals surface area contributed by atoms with E-state index in [0.717, 1.165) is 10.5 Å². The second kappa shape index (κ2) is 9.60. The number of alkyl halides is 2. The zero-order chi connectivity index (χ0) is 23.6. The highest BCUT2D eigenvalue weighted by atomic mass is 35.5. The maximum atomic E-state index is 12.6. The minimum Gasteiger partial charge on any atom is -0.496 e. The zero-order valence-electron chi connectivity index (χ0n) is 17.6. The number of carbonyl (C=O) groups excluding carboxylic acids is 3. The van der Waals surface area contributed by atoms with Crippen LogP contribution < -0.4 is 14.2 Å². The molecule has 2 aromatic carbocycles. The molecular formula is C22H20Cl2O7S. The molecule has 1 saturated heterocycles. The minimum absolute atomic E-state index is 0.0171. The molecule has 7 nitrogen and oxygen atoms in total. The molecule has 3 rings (SSSR count). The Labute approximate surface area is 199 Å². The molecule has 1 fully saturated rings. The average Bonchev–Trinajstić information content (AvgIpc) is 2.91. The summed E-state index contributed by atoms with van der Waals surface area (Å²) in [5.41, 5.74) is 0.289. The summed E-state index contributed by atoms with van der Waals surface area (Å²) in [5.74, 6) is -2.99. The van der Waals surface area contributed by atoms with E-state index >= 15 is 0 Å². The first-order chi connectivity index (χ1) is 15.0. The van der Waals surface area contributed by atoms with Crippen molar-refractivity contribution in [3.05, 3.63) is 47.5 Å². The van der Waals surface area contributed by atoms with Gasteiger partial charge in [0.1, 0.15) is 17.2 Å². The Morgan fingerprint density at radius 1 is 1.03 bits per heavy atom. The highest BCUT2D eigenvalue weighted by Crippen LogP contribution is 2.56. The van der Waals surface area contributed by atoms with Crippen molar-refractivity contribution in [2.75, 3.05) is 7.11 Å². The van der Waals surface area contributed by atoms with Crippen molar-refractivity contribution < 1.29 is 33.3 Å². The third kappa shape index (κ3) is 5.14. The van der Waals surface area contributed by atoms with Gasteiger partial charge in [-0.25, -0.2) is 4.79 Å². The summed E-state index contributed by atoms with van der Waals surface area (Å²) in [5, 5.41) is 0. The van der Waals surface area contributed by atoms with Crippen molar-refractivity contribution in [3.63, 3.8) is 0 Å². The molecule has 32 heavy (non-hydrogen) atoms. The predicted molar refractivity (Wildman–Crippen MR) is 120 cm³/mol. The number of esters is 3. The lowest BCUT2D eigenvalue weighted by molar-refractivity contribution is -0.139. The first kappa shape index (κ1) is 24.2. The van der Waals surface area contributed by atoms with Gasteiger partial charge in [0.25, 0.3) is 0 Å². The first-order valence-corrected chi connectivity index (χ1v) is 11.1. The molecule has 170 valence electrons. The number of thioether (sulfide) groups is 1. The second-order valence-electron chi connectivity index (χ2n) is 7.03. The van der Waals surface area contributed by atoms with Gasteiger partial charge in [-0.2, -0.15) is 0 Å². The summed E-state index contributed by atoms with van der Waals surface area (Å²) < 4.78 is 19.4. The van der Waals surface area contributed by atoms with E-state index in [1.54, 1.807) is 0 Å². The molecule has 1 heterocycles. The Balaban J connectivity index is 2.18. The van der Waals surface area contributed by atoms with Crippen molar-refractivity contribution in [3.8, 4) is 17.2 Å². The topological polar surface area (TPSA) is 88.1 Å². The standard InChI is InChI=1S/C22H20Cl2O7S/c1-11-5-7-15(8-6-11)32-20-19(22(23,24)21(27)31-20)18-16(29-12(2)25)9-14(28-4)10-17(18)30-13(3)26/h5-10,19-20H,1-4H3/t19-,20-/m0/s1. The van der Waals surface area contributed by atoms with Crippen LogP contribution in [0, 0.1) is 6.92 Å². The lowest BCUT2D eigenvalue weighted by Gasteiger charge is -2.26. The number of aryl methyl sites for hydroxylation is 1. The van der Waals surface area contributed by atoms with Gasteiger partial charge < -0.3 is 18.9 Å². The largest absolute Gasteiger partial charge is 0.496 e. The van der Waals surface area contributed by atoms with Crippen LogP contribution in [0.3, 0.4) is 0 Å². The van der Waals surface area contributed by atoms with Gasteiger partial charge in [0, 0.05) is 36.4 Å². The maximum Gasteiger partial charge on any atom is 0.344 e. The summed E-state index contributed by atoms with van der Waals surface area (Å²) in [6.45, 7) is 4.36. The van der Waals surface area contributed by atoms with E-state index in [-0.39, 0.29) is 22.8 Å². The third-order valence-electron chi connectivity index (χ3n) is 4.56. The number of ether oxygens (including phenoxy) is 4. The SMILES string of the molecule is COc1cc(OC(C)=O)c([C@H]2[C@H](Sc3ccc(C)cc3)OC(=O)C2(Cl)Cl)c(OC(C)=O)c1. The zero-order valence-corrected chi connectivity index (χ0v) is 20.0. The summed E-state index contributed by atoms with van der Waals surface area (Å²) in [6.07, 6.45) is 0. The number of halogens is 2. The molecule has 10 heteroatoms. The van der Waals surface area contributed by atoms with Crippen molar-refractivity contribution in [1.82, 2.24) is 0 Å². The highest BCUT2D eigenvalue weighted by molar-refractivity contribution is 7.99. The molecule has 0 unspecified atom stereocenters. The van der Waals surface area contributed by atoms with E-state index in [2.05, 4.69) is 0 Å². The average molecular weight is 499 g/mol. The monoisotopic (exact) mass is 498 g/mol. The molecule has 0 saturated carbocycles. The van der Waals surface area contributed by atoms with Crippen LogP contribution in [-0.2, 0) is 19.1 Å². The lowest BCUT2D eigenvalue weighted by atomic mass is 9.94. The van der Waals surface area contributed by atoms with Gasteiger partial charge in [-0.15, -0.1) is 0 Å². The number of carbonyl (C=O) groups is 3. The molecule has 0 N–H and O–H groups in total. The molecule has 0 amide bonds. The molecule has 0 spiro atoms. The molecular weight excluding hydrogens is 479 g/mol. The quantitative estimate of drug-likeness (QED) is 0.319. The van der Waals surface area contributed by atoms with Gasteiger partial charge in [0.05, 0.1) is 13.0 Å². The number of benzene rings is 2. The van der Waals surface area contributed by atoms with Crippen molar-refractivity contribution in [2.45, 2.75) is 41.4 Å². The van der Waals surface area contributed by atoms with Crippen LogP contribution in [0.4, 0.5) is 0 Å². The molecule has 0 radical (unpaired) electrons. The van der Waals surface area contributed by atoms with Crippen molar-refractivity contribution >= 4 is 52.9 Å². The number of cyclic esters (lactones) is 1. The minimum atomic E-state index is -2.04. The van der Waals surface area contributed by atoms with Crippen LogP contribution in [0.2, 0.25) is 0 Å². The lowest BCUT2D eigenvalue weighted by Crippen LogP contribution is -2.29. The van der Waals surface area contributed by atoms with Crippen LogP contribution in [0.1, 0.15) is 30.9 Å². The molecule has 2 aromatic rings. The summed E-state index contributed by atoms with van der Waals surface area (Å²) in [4.78, 5) is 37.0. The molecule has 0 aliphatic carbocycles. The van der Waals surface area contributed by atoms with Gasteiger partial charge in [0.2, 0.25) is 4.33 Å². The maximum absolute atomic E-state index is 12.6. The Hall–Kier alpha value is -2.42. The molecule has 0 bridgehead atoms. The number of methoxy groups -OCH3 is 1. The van der Waals surface area contributed by atoms with Crippen molar-refractivity contribution in [2.24, 2.45) is 0 Å². The molecule has 0 aromatic heterocycles. The van der Waals surface area contributed by atoms with E-state index in [1.165, 1.54) is 44.9 Å². The Bertz CT molecular complexity index is 1020. The first-order valence-electron chi connectivity index (χ1n) is 9.44. The van der Waals surface area contributed by atoms with Gasteiger partial charge in [-0.05, 0) is 19.1 Å². The van der Waals surface area contributed by atoms with E-state index in [0.29, 0.717) is 0 Å². The van der Waals surface area contributed by atoms with Crippen molar-refractivity contribution in [1.29, 1.82) is 0 Å². The molecule has 2 atom stereocenters. The van der Waals surface area contributed by atoms with Crippen LogP contribution in [0.5, 0.6) is 17.2 Å². The van der Waals surface area contributed by atoms with Gasteiger partial charge in [-0.1, -0.05) is 52.7 Å². The number of hydrogen-bond acceptors (Lipinski definition) is 8. The van der Waals surface area contributed by atoms with Gasteiger partial charge in [-0.3, -0.25) is 9.59 Å². The van der Waals surface area contributed by atoms with Crippen LogP contribution in [-0.4, -0.2) is 34.8 Å². The fraction of sp³-hybridized carbons (Fsp3) is 0.318. The van der Waals surface area contributed by atoms with Crippen LogP contribution >= 0.6 is 35.0 Å². The van der Waals surface area contributed by atoms with E-state index in [4.69, 9.17) is 42.1 Å². The Morgan fingerprint density at radius 2 is 1.56 bits per heavy atom. The predicted octanol–water partition coefficient (Wildman–Crippen LogP) is 4.79. The summed E-state index contributed by atoms with van der Waals surface area (Å²) >= 11 is 14.1. The Kier molecular flexibility index (Phi) is 7.27. The van der Waals surface area contributed by atoms with E-state index in [9.17, 15) is 14.4 Å². The number of rotatable bonds is 6. The van der Waals surface area contributed by atoms with Crippen LogP contribution in [0.25, 0.3) is 0 Å². The number of hydrogen-bond donors (Lipinski definition) is 0.